The first-order chi connectivity index (χ1) is 10.0. The van der Waals surface area contributed by atoms with E-state index in [4.69, 9.17) is 4.74 Å². The summed E-state index contributed by atoms with van der Waals surface area (Å²) < 4.78 is 6.84. The summed E-state index contributed by atoms with van der Waals surface area (Å²) in [5, 5.41) is 7.39. The Hall–Kier alpha value is -2.30. The maximum absolute atomic E-state index is 11.7. The van der Waals surface area contributed by atoms with Crippen molar-refractivity contribution in [3.63, 3.8) is 0 Å². The highest BCUT2D eigenvalue weighted by molar-refractivity contribution is 5.80. The molecule has 1 N–H and O–H groups in total. The van der Waals surface area contributed by atoms with Crippen LogP contribution in [0.5, 0.6) is 0 Å². The molecule has 112 valence electrons. The van der Waals surface area contributed by atoms with Gasteiger partial charge in [0.2, 0.25) is 0 Å². The van der Waals surface area contributed by atoms with Gasteiger partial charge < -0.3 is 10.1 Å². The normalized spacial score (nSPS) is 12.0. The predicted octanol–water partition coefficient (Wildman–Crippen LogP) is 2.76. The van der Waals surface area contributed by atoms with E-state index in [1.807, 2.05) is 42.9 Å². The molecule has 0 radical (unpaired) electrons. The molecular weight excluding hydrogens is 266 g/mol. The predicted molar refractivity (Wildman–Crippen MR) is 83.1 cm³/mol. The van der Waals surface area contributed by atoms with Gasteiger partial charge >= 0.3 is 5.97 Å². The Bertz CT molecular complexity index is 634. The average Bonchev–Trinajstić information content (AvgIpc) is 2.87. The number of hydrogen-bond acceptors (Lipinski definition) is 4. The number of ether oxygens (including phenoxy) is 1. The lowest BCUT2D eigenvalue weighted by Gasteiger charge is -2.16. The zero-order valence-corrected chi connectivity index (χ0v) is 12.9. The molecule has 2 rings (SSSR count). The van der Waals surface area contributed by atoms with Gasteiger partial charge in [0.25, 0.3) is 0 Å². The van der Waals surface area contributed by atoms with Crippen LogP contribution in [0.4, 0.5) is 5.69 Å². The van der Waals surface area contributed by atoms with Crippen molar-refractivity contribution in [2.24, 2.45) is 7.05 Å². The van der Waals surface area contributed by atoms with Crippen LogP contribution < -0.4 is 5.32 Å². The molecule has 5 nitrogen and oxygen atoms in total. The van der Waals surface area contributed by atoms with E-state index in [1.54, 1.807) is 20.0 Å². The number of nitrogens with zero attached hydrogens (tertiary/aromatic N) is 2. The molecule has 0 aliphatic rings. The van der Waals surface area contributed by atoms with Gasteiger partial charge in [-0.1, -0.05) is 12.1 Å². The van der Waals surface area contributed by atoms with E-state index in [9.17, 15) is 4.79 Å². The summed E-state index contributed by atoms with van der Waals surface area (Å²) in [5.74, 6) is -0.247. The Morgan fingerprint density at radius 3 is 2.81 bits per heavy atom. The second-order valence-electron chi connectivity index (χ2n) is 4.99. The number of anilines is 1. The van der Waals surface area contributed by atoms with E-state index in [0.29, 0.717) is 6.61 Å². The topological polar surface area (TPSA) is 56.1 Å². The van der Waals surface area contributed by atoms with Gasteiger partial charge in [0, 0.05) is 24.5 Å². The first-order valence-corrected chi connectivity index (χ1v) is 7.05. The fourth-order valence-electron chi connectivity index (χ4n) is 2.15. The zero-order valence-electron chi connectivity index (χ0n) is 12.9. The Morgan fingerprint density at radius 2 is 2.19 bits per heavy atom. The summed E-state index contributed by atoms with van der Waals surface area (Å²) in [6, 6.07) is 7.69. The Morgan fingerprint density at radius 1 is 1.43 bits per heavy atom. The Labute approximate surface area is 124 Å². The van der Waals surface area contributed by atoms with Crippen LogP contribution in [0.2, 0.25) is 0 Å². The molecule has 0 bridgehead atoms. The number of hydrogen-bond donors (Lipinski definition) is 1. The quantitative estimate of drug-likeness (QED) is 0.859. The summed E-state index contributed by atoms with van der Waals surface area (Å²) in [5.41, 5.74) is 4.09. The number of rotatable bonds is 5. The SMILES string of the molecule is CCOC(=O)C(C)Nc1cc(-c2ccnn2C)ccc1C. The average molecular weight is 287 g/mol. The number of carbonyl (C=O) groups excluding carboxylic acids is 1. The van der Waals surface area contributed by atoms with Crippen LogP contribution >= 0.6 is 0 Å². The Balaban J connectivity index is 2.24. The third-order valence-electron chi connectivity index (χ3n) is 3.37. The molecule has 0 amide bonds. The summed E-state index contributed by atoms with van der Waals surface area (Å²) >= 11 is 0. The van der Waals surface area contributed by atoms with Crippen molar-refractivity contribution >= 4 is 11.7 Å². The summed E-state index contributed by atoms with van der Waals surface area (Å²) in [7, 11) is 1.91. The van der Waals surface area contributed by atoms with Gasteiger partial charge in [-0.25, -0.2) is 4.79 Å². The summed E-state index contributed by atoms with van der Waals surface area (Å²) in [4.78, 5) is 11.7. The minimum atomic E-state index is -0.384. The highest BCUT2D eigenvalue weighted by atomic mass is 16.5. The van der Waals surface area contributed by atoms with E-state index < -0.39 is 0 Å². The van der Waals surface area contributed by atoms with Gasteiger partial charge in [-0.3, -0.25) is 4.68 Å². The molecule has 0 aliphatic heterocycles. The van der Waals surface area contributed by atoms with E-state index in [-0.39, 0.29) is 12.0 Å². The molecule has 0 aliphatic carbocycles. The lowest BCUT2D eigenvalue weighted by molar-refractivity contribution is -0.143. The molecule has 0 spiro atoms. The second-order valence-corrected chi connectivity index (χ2v) is 4.99. The number of esters is 1. The maximum Gasteiger partial charge on any atom is 0.328 e. The van der Waals surface area contributed by atoms with Crippen LogP contribution in [0.25, 0.3) is 11.3 Å². The molecule has 1 unspecified atom stereocenters. The van der Waals surface area contributed by atoms with E-state index in [0.717, 1.165) is 22.5 Å². The molecule has 0 fully saturated rings. The van der Waals surface area contributed by atoms with Gasteiger partial charge in [-0.2, -0.15) is 5.10 Å². The van der Waals surface area contributed by atoms with Gasteiger partial charge in [0.15, 0.2) is 0 Å². The number of aromatic nitrogens is 2. The number of nitrogens with one attached hydrogen (secondary N) is 1. The van der Waals surface area contributed by atoms with Crippen molar-refractivity contribution in [1.29, 1.82) is 0 Å². The van der Waals surface area contributed by atoms with Crippen LogP contribution in [-0.4, -0.2) is 28.4 Å². The molecule has 1 atom stereocenters. The summed E-state index contributed by atoms with van der Waals surface area (Å²) in [6.07, 6.45) is 1.77. The number of benzene rings is 1. The molecular formula is C16H21N3O2. The maximum atomic E-state index is 11.7. The fraction of sp³-hybridized carbons (Fsp3) is 0.375. The van der Waals surface area contributed by atoms with Crippen molar-refractivity contribution in [2.75, 3.05) is 11.9 Å². The van der Waals surface area contributed by atoms with Gasteiger partial charge in [0.1, 0.15) is 6.04 Å². The largest absolute Gasteiger partial charge is 0.464 e. The van der Waals surface area contributed by atoms with Gasteiger partial charge in [-0.05, 0) is 38.5 Å². The van der Waals surface area contributed by atoms with Crippen LogP contribution in [-0.2, 0) is 16.6 Å². The van der Waals surface area contributed by atoms with Crippen LogP contribution in [0.15, 0.2) is 30.5 Å². The van der Waals surface area contributed by atoms with Crippen molar-refractivity contribution in [1.82, 2.24) is 9.78 Å². The smallest absolute Gasteiger partial charge is 0.328 e. The minimum absolute atomic E-state index is 0.247. The van der Waals surface area contributed by atoms with E-state index in [2.05, 4.69) is 10.4 Å². The molecule has 1 aromatic carbocycles. The minimum Gasteiger partial charge on any atom is -0.464 e. The molecule has 21 heavy (non-hydrogen) atoms. The summed E-state index contributed by atoms with van der Waals surface area (Å²) in [6.45, 7) is 6.00. The third-order valence-corrected chi connectivity index (χ3v) is 3.37. The van der Waals surface area contributed by atoms with Gasteiger partial charge in [-0.15, -0.1) is 0 Å². The first kappa shape index (κ1) is 15.1. The van der Waals surface area contributed by atoms with E-state index in [1.165, 1.54) is 0 Å². The van der Waals surface area contributed by atoms with Crippen LogP contribution in [0.1, 0.15) is 19.4 Å². The highest BCUT2D eigenvalue weighted by Crippen LogP contribution is 2.25. The lowest BCUT2D eigenvalue weighted by Crippen LogP contribution is -2.28. The molecule has 5 heteroatoms. The molecule has 0 saturated heterocycles. The van der Waals surface area contributed by atoms with Crippen molar-refractivity contribution < 1.29 is 9.53 Å². The van der Waals surface area contributed by atoms with Gasteiger partial charge in [0.05, 0.1) is 12.3 Å². The lowest BCUT2D eigenvalue weighted by atomic mass is 10.1. The van der Waals surface area contributed by atoms with Crippen LogP contribution in [0, 0.1) is 6.92 Å². The number of aryl methyl sites for hydroxylation is 2. The fourth-order valence-corrected chi connectivity index (χ4v) is 2.15. The zero-order chi connectivity index (χ0) is 15.4. The van der Waals surface area contributed by atoms with E-state index >= 15 is 0 Å². The van der Waals surface area contributed by atoms with Crippen molar-refractivity contribution in [2.45, 2.75) is 26.8 Å². The Kier molecular flexibility index (Phi) is 4.62. The monoisotopic (exact) mass is 287 g/mol. The molecule has 0 saturated carbocycles. The highest BCUT2D eigenvalue weighted by Gasteiger charge is 2.15. The number of carbonyl (C=O) groups is 1. The molecule has 1 aromatic heterocycles. The van der Waals surface area contributed by atoms with Crippen LogP contribution in [0.3, 0.4) is 0 Å². The second kappa shape index (κ2) is 6.43. The van der Waals surface area contributed by atoms with Crippen molar-refractivity contribution in [3.8, 4) is 11.3 Å². The van der Waals surface area contributed by atoms with Crippen molar-refractivity contribution in [3.05, 3.63) is 36.0 Å². The standard InChI is InChI=1S/C16H21N3O2/c1-5-21-16(20)12(3)18-14-10-13(7-6-11(14)2)15-8-9-17-19(15)4/h6-10,12,18H,5H2,1-4H3. The molecule has 2 aromatic rings. The first-order valence-electron chi connectivity index (χ1n) is 7.05. The third kappa shape index (κ3) is 3.42. The molecule has 1 heterocycles.